The van der Waals surface area contributed by atoms with Crippen LogP contribution in [0.4, 0.5) is 0 Å². The van der Waals surface area contributed by atoms with Crippen LogP contribution in [0.3, 0.4) is 0 Å². The van der Waals surface area contributed by atoms with Crippen molar-refractivity contribution >= 4 is 15.9 Å². The summed E-state index contributed by atoms with van der Waals surface area (Å²) >= 11 is 3.53. The van der Waals surface area contributed by atoms with E-state index in [4.69, 9.17) is 9.97 Å². The van der Waals surface area contributed by atoms with Gasteiger partial charge < -0.3 is 0 Å². The van der Waals surface area contributed by atoms with E-state index >= 15 is 0 Å². The fourth-order valence-corrected chi connectivity index (χ4v) is 3.01. The molecule has 25 heavy (non-hydrogen) atoms. The SMILES string of the molecule is Brc1cccc(-c2cc(-c3cc#ccc3)nc(-c3ccccc3)n2)c1. The number of nitrogens with zero attached hydrogens (tertiary/aromatic N) is 2. The minimum Gasteiger partial charge on any atom is -0.228 e. The van der Waals surface area contributed by atoms with Gasteiger partial charge in [-0.25, -0.2) is 9.97 Å². The van der Waals surface area contributed by atoms with Crippen LogP contribution in [0, 0.1) is 12.1 Å². The lowest BCUT2D eigenvalue weighted by molar-refractivity contribution is 1.18. The molecule has 2 nitrogen and oxygen atoms in total. The normalized spacial score (nSPS) is 10.3. The van der Waals surface area contributed by atoms with Crippen LogP contribution in [0.2, 0.25) is 0 Å². The minimum absolute atomic E-state index is 0.709. The Kier molecular flexibility index (Phi) is 4.28. The third-order valence-electron chi connectivity index (χ3n) is 3.83. The van der Waals surface area contributed by atoms with Crippen molar-refractivity contribution in [3.05, 3.63) is 95.5 Å². The number of aromatic nitrogens is 2. The van der Waals surface area contributed by atoms with Gasteiger partial charge in [0.1, 0.15) is 0 Å². The zero-order valence-electron chi connectivity index (χ0n) is 13.3. The lowest BCUT2D eigenvalue weighted by atomic mass is 10.1. The average molecular weight is 385 g/mol. The molecule has 0 N–H and O–H groups in total. The fraction of sp³-hybridized carbons (Fsp3) is 0. The molecule has 1 heterocycles. The Morgan fingerprint density at radius 3 is 2.16 bits per heavy atom. The number of rotatable bonds is 3. The second-order valence-corrected chi connectivity index (χ2v) is 6.48. The van der Waals surface area contributed by atoms with E-state index in [0.717, 1.165) is 32.6 Å². The van der Waals surface area contributed by atoms with E-state index in [1.807, 2.05) is 66.7 Å². The van der Waals surface area contributed by atoms with E-state index in [1.54, 1.807) is 0 Å². The zero-order chi connectivity index (χ0) is 17.1. The van der Waals surface area contributed by atoms with Crippen molar-refractivity contribution < 1.29 is 0 Å². The van der Waals surface area contributed by atoms with E-state index in [1.165, 1.54) is 0 Å². The van der Waals surface area contributed by atoms with Crippen LogP contribution >= 0.6 is 15.9 Å². The molecule has 4 aromatic rings. The van der Waals surface area contributed by atoms with E-state index in [-0.39, 0.29) is 0 Å². The fourth-order valence-electron chi connectivity index (χ4n) is 2.61. The van der Waals surface area contributed by atoms with Crippen molar-refractivity contribution in [3.63, 3.8) is 0 Å². The van der Waals surface area contributed by atoms with Crippen molar-refractivity contribution in [2.45, 2.75) is 0 Å². The summed E-state index contributed by atoms with van der Waals surface area (Å²) in [5.41, 5.74) is 4.79. The highest BCUT2D eigenvalue weighted by molar-refractivity contribution is 9.10. The molecule has 0 spiro atoms. The van der Waals surface area contributed by atoms with Gasteiger partial charge in [-0.05, 0) is 36.4 Å². The number of hydrogen-bond acceptors (Lipinski definition) is 2. The highest BCUT2D eigenvalue weighted by Crippen LogP contribution is 2.28. The van der Waals surface area contributed by atoms with Gasteiger partial charge in [-0.1, -0.05) is 70.5 Å². The molecule has 0 aliphatic carbocycles. The lowest BCUT2D eigenvalue weighted by Gasteiger charge is -2.09. The summed E-state index contributed by atoms with van der Waals surface area (Å²) < 4.78 is 1.02. The first kappa shape index (κ1) is 15.6. The number of hydrogen-bond donors (Lipinski definition) is 0. The molecule has 0 saturated heterocycles. The molecular formula is C22H13BrN2. The molecule has 0 amide bonds. The van der Waals surface area contributed by atoms with Gasteiger partial charge in [0, 0.05) is 21.2 Å². The van der Waals surface area contributed by atoms with E-state index in [2.05, 4.69) is 40.2 Å². The maximum absolute atomic E-state index is 4.79. The smallest absolute Gasteiger partial charge is 0.160 e. The van der Waals surface area contributed by atoms with E-state index < -0.39 is 0 Å². The summed E-state index contributed by atoms with van der Waals surface area (Å²) in [4.78, 5) is 9.56. The standard InChI is InChI=1S/C22H13BrN2/c23-19-13-7-12-18(14-19)21-15-20(16-8-3-1-4-9-16)24-22(25-21)17-10-5-2-6-11-17/h2-3,5-15H. The van der Waals surface area contributed by atoms with Crippen LogP contribution in [0.5, 0.6) is 0 Å². The molecular weight excluding hydrogens is 372 g/mol. The Bertz CT molecular complexity index is 941. The molecule has 0 fully saturated rings. The Balaban J connectivity index is 1.92. The number of halogens is 1. The van der Waals surface area contributed by atoms with Gasteiger partial charge in [0.05, 0.1) is 11.4 Å². The largest absolute Gasteiger partial charge is 0.228 e. The summed E-state index contributed by atoms with van der Waals surface area (Å²) in [6.07, 6.45) is 0. The zero-order valence-corrected chi connectivity index (χ0v) is 14.9. The Hall–Kier alpha value is -2.96. The van der Waals surface area contributed by atoms with Crippen molar-refractivity contribution in [1.29, 1.82) is 0 Å². The molecule has 0 aliphatic rings. The Morgan fingerprint density at radius 1 is 0.680 bits per heavy atom. The minimum atomic E-state index is 0.709. The Labute approximate surface area is 155 Å². The first-order valence-electron chi connectivity index (χ1n) is 7.88. The predicted molar refractivity (Wildman–Crippen MR) is 104 cm³/mol. The van der Waals surface area contributed by atoms with Crippen molar-refractivity contribution in [2.24, 2.45) is 0 Å². The molecule has 3 heteroatoms. The van der Waals surface area contributed by atoms with Crippen molar-refractivity contribution in [3.8, 4) is 33.9 Å². The van der Waals surface area contributed by atoms with E-state index in [0.29, 0.717) is 5.82 Å². The first-order chi connectivity index (χ1) is 12.3. The monoisotopic (exact) mass is 384 g/mol. The maximum atomic E-state index is 4.79. The molecule has 4 rings (SSSR count). The van der Waals surface area contributed by atoms with Gasteiger partial charge in [0.15, 0.2) is 5.82 Å². The van der Waals surface area contributed by atoms with Crippen molar-refractivity contribution in [1.82, 2.24) is 9.97 Å². The van der Waals surface area contributed by atoms with Crippen molar-refractivity contribution in [2.75, 3.05) is 0 Å². The maximum Gasteiger partial charge on any atom is 0.160 e. The molecule has 0 radical (unpaired) electrons. The van der Waals surface area contributed by atoms with Crippen LogP contribution in [0.1, 0.15) is 0 Å². The van der Waals surface area contributed by atoms with Gasteiger partial charge >= 0.3 is 0 Å². The second kappa shape index (κ2) is 6.88. The van der Waals surface area contributed by atoms with Gasteiger partial charge in [-0.15, -0.1) is 0 Å². The molecule has 0 atom stereocenters. The molecule has 0 unspecified atom stereocenters. The summed E-state index contributed by atoms with van der Waals surface area (Å²) in [5, 5.41) is 0. The van der Waals surface area contributed by atoms with Gasteiger partial charge in [-0.2, -0.15) is 0 Å². The molecule has 0 aliphatic heterocycles. The van der Waals surface area contributed by atoms with Gasteiger partial charge in [0.2, 0.25) is 0 Å². The van der Waals surface area contributed by atoms with Gasteiger partial charge in [0.25, 0.3) is 0 Å². The Morgan fingerprint density at radius 2 is 1.44 bits per heavy atom. The highest BCUT2D eigenvalue weighted by Gasteiger charge is 2.10. The van der Waals surface area contributed by atoms with Crippen LogP contribution in [0.15, 0.2) is 83.3 Å². The van der Waals surface area contributed by atoms with Crippen LogP contribution in [-0.2, 0) is 0 Å². The van der Waals surface area contributed by atoms with Crippen LogP contribution in [0.25, 0.3) is 33.9 Å². The summed E-state index contributed by atoms with van der Waals surface area (Å²) in [7, 11) is 0. The summed E-state index contributed by atoms with van der Waals surface area (Å²) in [6, 6.07) is 31.8. The molecule has 3 aromatic carbocycles. The third-order valence-corrected chi connectivity index (χ3v) is 4.32. The van der Waals surface area contributed by atoms with Crippen LogP contribution in [-0.4, -0.2) is 9.97 Å². The lowest BCUT2D eigenvalue weighted by Crippen LogP contribution is -1.95. The predicted octanol–water partition coefficient (Wildman–Crippen LogP) is 5.84. The summed E-state index contributed by atoms with van der Waals surface area (Å²) in [5.74, 6) is 0.709. The molecule has 0 saturated carbocycles. The topological polar surface area (TPSA) is 25.8 Å². The average Bonchev–Trinajstić information content (AvgIpc) is 2.69. The summed E-state index contributed by atoms with van der Waals surface area (Å²) in [6.45, 7) is 0. The highest BCUT2D eigenvalue weighted by atomic mass is 79.9. The molecule has 0 bridgehead atoms. The molecule has 1 aromatic heterocycles. The third kappa shape index (κ3) is 3.45. The second-order valence-electron chi connectivity index (χ2n) is 5.56. The number of benzene rings is 2. The van der Waals surface area contributed by atoms with Gasteiger partial charge in [-0.3, -0.25) is 0 Å². The van der Waals surface area contributed by atoms with Crippen LogP contribution < -0.4 is 0 Å². The quantitative estimate of drug-likeness (QED) is 0.443. The van der Waals surface area contributed by atoms with E-state index in [9.17, 15) is 0 Å². The first-order valence-corrected chi connectivity index (χ1v) is 8.67. The molecule has 118 valence electrons.